The van der Waals surface area contributed by atoms with Crippen LogP contribution in [-0.2, 0) is 11.2 Å². The van der Waals surface area contributed by atoms with E-state index < -0.39 is 6.10 Å². The predicted octanol–water partition coefficient (Wildman–Crippen LogP) is 4.05. The van der Waals surface area contributed by atoms with E-state index in [1.807, 2.05) is 18.2 Å². The largest absolute Gasteiger partial charge is 0.392 e. The summed E-state index contributed by atoms with van der Waals surface area (Å²) in [4.78, 5) is 13.3. The van der Waals surface area contributed by atoms with Crippen LogP contribution in [-0.4, -0.2) is 47.3 Å². The summed E-state index contributed by atoms with van der Waals surface area (Å²) in [6.45, 7) is 2.06. The second-order valence-electron chi connectivity index (χ2n) is 9.38. The average molecular weight is 412 g/mol. The molecule has 1 saturated carbocycles. The molecule has 1 aromatic carbocycles. The summed E-state index contributed by atoms with van der Waals surface area (Å²) < 4.78 is 0. The maximum Gasteiger partial charge on any atom is 0.222 e. The van der Waals surface area contributed by atoms with Crippen molar-refractivity contribution in [3.05, 3.63) is 59.2 Å². The fourth-order valence-electron chi connectivity index (χ4n) is 5.05. The Labute approximate surface area is 181 Å². The lowest BCUT2D eigenvalue weighted by Crippen LogP contribution is -2.21. The highest BCUT2D eigenvalue weighted by Gasteiger charge is 2.43. The molecule has 0 aliphatic heterocycles. The Kier molecular flexibility index (Phi) is 7.90. The van der Waals surface area contributed by atoms with Gasteiger partial charge in [-0.1, -0.05) is 53.6 Å². The van der Waals surface area contributed by atoms with Gasteiger partial charge in [0.25, 0.3) is 0 Å². The number of aliphatic hydroxyl groups is 2. The average Bonchev–Trinajstić information content (AvgIpc) is 3.19. The number of hydrogen-bond donors (Lipinski definition) is 2. The molecule has 5 atom stereocenters. The van der Waals surface area contributed by atoms with E-state index in [0.29, 0.717) is 24.7 Å². The zero-order valence-corrected chi connectivity index (χ0v) is 18.6. The number of amides is 1. The number of hydrogen-bond acceptors (Lipinski definition) is 3. The maximum absolute atomic E-state index is 11.7. The van der Waals surface area contributed by atoms with Crippen molar-refractivity contribution in [2.24, 2.45) is 17.8 Å². The molecule has 0 saturated heterocycles. The highest BCUT2D eigenvalue weighted by atomic mass is 16.3. The third-order valence-corrected chi connectivity index (χ3v) is 6.67. The fourth-order valence-corrected chi connectivity index (χ4v) is 5.05. The van der Waals surface area contributed by atoms with E-state index in [-0.39, 0.29) is 17.9 Å². The molecule has 5 unspecified atom stereocenters. The Morgan fingerprint density at radius 1 is 1.30 bits per heavy atom. The lowest BCUT2D eigenvalue weighted by molar-refractivity contribution is -0.128. The number of unbranched alkanes of at least 4 members (excludes halogenated alkanes) is 1. The van der Waals surface area contributed by atoms with Crippen LogP contribution in [0.25, 0.3) is 0 Å². The van der Waals surface area contributed by atoms with Crippen LogP contribution in [0.2, 0.25) is 0 Å². The van der Waals surface area contributed by atoms with E-state index in [1.54, 1.807) is 19.0 Å². The molecule has 1 fully saturated rings. The SMILES string of the molecule is Cc1cccc(CC(O)/C=C/C2C(O)CC3C=C(CCCCC(=O)N(C)C)CC32)c1. The number of aryl methyl sites for hydroxylation is 1. The number of aliphatic hydroxyl groups excluding tert-OH is 2. The lowest BCUT2D eigenvalue weighted by atomic mass is 9.88. The third-order valence-electron chi connectivity index (χ3n) is 6.67. The van der Waals surface area contributed by atoms with E-state index >= 15 is 0 Å². The number of nitrogens with zero attached hydrogens (tertiary/aromatic N) is 1. The van der Waals surface area contributed by atoms with Gasteiger partial charge in [-0.15, -0.1) is 0 Å². The molecular weight excluding hydrogens is 374 g/mol. The maximum atomic E-state index is 11.7. The van der Waals surface area contributed by atoms with Gasteiger partial charge in [0.15, 0.2) is 0 Å². The molecule has 0 bridgehead atoms. The second-order valence-corrected chi connectivity index (χ2v) is 9.38. The van der Waals surface area contributed by atoms with Gasteiger partial charge in [0.1, 0.15) is 0 Å². The molecule has 2 N–H and O–H groups in total. The van der Waals surface area contributed by atoms with Crippen LogP contribution in [0, 0.1) is 24.7 Å². The number of rotatable bonds is 9. The number of carbonyl (C=O) groups is 1. The number of benzene rings is 1. The van der Waals surface area contributed by atoms with Crippen LogP contribution in [0.15, 0.2) is 48.1 Å². The van der Waals surface area contributed by atoms with Gasteiger partial charge in [-0.25, -0.2) is 0 Å². The minimum atomic E-state index is -0.527. The Bertz CT molecular complexity index is 782. The van der Waals surface area contributed by atoms with Gasteiger partial charge in [-0.05, 0) is 56.4 Å². The van der Waals surface area contributed by atoms with Crippen molar-refractivity contribution in [2.75, 3.05) is 14.1 Å². The minimum absolute atomic E-state index is 0.117. The molecule has 3 rings (SSSR count). The standard InChI is InChI=1S/C26H37NO3/c1-18-7-6-9-19(13-18)15-22(28)11-12-23-24-16-20(14-21(24)17-25(23)29)8-4-5-10-26(30)27(2)3/h6-7,9,11-14,21-25,28-29H,4-5,8,10,15-17H2,1-3H3/b12-11+. The smallest absolute Gasteiger partial charge is 0.222 e. The van der Waals surface area contributed by atoms with Gasteiger partial charge >= 0.3 is 0 Å². The van der Waals surface area contributed by atoms with Crippen LogP contribution in [0.3, 0.4) is 0 Å². The summed E-state index contributed by atoms with van der Waals surface area (Å²) in [7, 11) is 3.61. The molecule has 0 heterocycles. The van der Waals surface area contributed by atoms with Crippen molar-refractivity contribution in [1.29, 1.82) is 0 Å². The Morgan fingerprint density at radius 3 is 2.83 bits per heavy atom. The first kappa shape index (κ1) is 22.8. The molecule has 1 aromatic rings. The second kappa shape index (κ2) is 10.4. The van der Waals surface area contributed by atoms with E-state index in [4.69, 9.17) is 0 Å². The molecule has 164 valence electrons. The van der Waals surface area contributed by atoms with E-state index in [2.05, 4.69) is 31.2 Å². The molecule has 0 spiro atoms. The summed E-state index contributed by atoms with van der Waals surface area (Å²) in [5.74, 6) is 1.21. The first-order valence-electron chi connectivity index (χ1n) is 11.3. The Hall–Kier alpha value is -1.91. The van der Waals surface area contributed by atoms with Gasteiger partial charge in [-0.3, -0.25) is 4.79 Å². The van der Waals surface area contributed by atoms with Crippen LogP contribution >= 0.6 is 0 Å². The third kappa shape index (κ3) is 6.05. The van der Waals surface area contributed by atoms with Gasteiger partial charge in [0, 0.05) is 32.9 Å². The molecule has 0 radical (unpaired) electrons. The minimum Gasteiger partial charge on any atom is -0.392 e. The topological polar surface area (TPSA) is 60.8 Å². The fraction of sp³-hybridized carbons (Fsp3) is 0.577. The van der Waals surface area contributed by atoms with Gasteiger partial charge in [-0.2, -0.15) is 0 Å². The van der Waals surface area contributed by atoms with Crippen LogP contribution in [0.1, 0.15) is 49.7 Å². The molecule has 30 heavy (non-hydrogen) atoms. The normalized spacial score (nSPS) is 26.6. The van der Waals surface area contributed by atoms with Crippen LogP contribution < -0.4 is 0 Å². The lowest BCUT2D eigenvalue weighted by Gasteiger charge is -2.19. The van der Waals surface area contributed by atoms with Gasteiger partial charge in [0.05, 0.1) is 12.2 Å². The molecule has 2 aliphatic rings. The summed E-state index contributed by atoms with van der Waals surface area (Å²) in [6.07, 6.45) is 11.6. The molecule has 2 aliphatic carbocycles. The first-order chi connectivity index (χ1) is 14.3. The van der Waals surface area contributed by atoms with E-state index in [0.717, 1.165) is 37.7 Å². The Morgan fingerprint density at radius 2 is 2.10 bits per heavy atom. The zero-order chi connectivity index (χ0) is 21.7. The molecule has 0 aromatic heterocycles. The summed E-state index contributed by atoms with van der Waals surface area (Å²) in [5, 5.41) is 21.0. The molecular formula is C26H37NO3. The van der Waals surface area contributed by atoms with Crippen molar-refractivity contribution in [3.8, 4) is 0 Å². The molecule has 4 heteroatoms. The highest BCUT2D eigenvalue weighted by molar-refractivity contribution is 5.75. The van der Waals surface area contributed by atoms with Crippen LogP contribution in [0.5, 0.6) is 0 Å². The van der Waals surface area contributed by atoms with Crippen molar-refractivity contribution in [2.45, 2.75) is 64.1 Å². The van der Waals surface area contributed by atoms with Crippen molar-refractivity contribution in [3.63, 3.8) is 0 Å². The summed E-state index contributed by atoms with van der Waals surface area (Å²) in [5.41, 5.74) is 3.82. The number of fused-ring (bicyclic) bond motifs is 1. The monoisotopic (exact) mass is 411 g/mol. The van der Waals surface area contributed by atoms with E-state index in [9.17, 15) is 15.0 Å². The van der Waals surface area contributed by atoms with Gasteiger partial charge < -0.3 is 15.1 Å². The Balaban J connectivity index is 1.47. The van der Waals surface area contributed by atoms with Crippen molar-refractivity contribution >= 4 is 5.91 Å². The highest BCUT2D eigenvalue weighted by Crippen LogP contribution is 2.48. The molecule has 1 amide bonds. The summed E-state index contributed by atoms with van der Waals surface area (Å²) >= 11 is 0. The van der Waals surface area contributed by atoms with Crippen LogP contribution in [0.4, 0.5) is 0 Å². The van der Waals surface area contributed by atoms with E-state index in [1.165, 1.54) is 11.1 Å². The van der Waals surface area contributed by atoms with Gasteiger partial charge in [0.2, 0.25) is 5.91 Å². The predicted molar refractivity (Wildman–Crippen MR) is 121 cm³/mol. The quantitative estimate of drug-likeness (QED) is 0.476. The summed E-state index contributed by atoms with van der Waals surface area (Å²) in [6, 6.07) is 8.24. The zero-order valence-electron chi connectivity index (χ0n) is 18.6. The number of carbonyl (C=O) groups excluding carboxylic acids is 1. The first-order valence-corrected chi connectivity index (χ1v) is 11.3. The molecule has 4 nitrogen and oxygen atoms in total. The van der Waals surface area contributed by atoms with Crippen molar-refractivity contribution in [1.82, 2.24) is 4.90 Å². The number of allylic oxidation sites excluding steroid dienone is 2. The van der Waals surface area contributed by atoms with Crippen molar-refractivity contribution < 1.29 is 15.0 Å².